The van der Waals surface area contributed by atoms with E-state index < -0.39 is 15.9 Å². The molecule has 1 aromatic carbocycles. The number of piperidine rings is 1. The minimum Gasteiger partial charge on any atom is -0.376 e. The van der Waals surface area contributed by atoms with Crippen LogP contribution in [0, 0.1) is 5.92 Å². The van der Waals surface area contributed by atoms with Crippen LogP contribution >= 0.6 is 34.3 Å². The molecule has 0 saturated carbocycles. The Balaban J connectivity index is 1.43. The van der Waals surface area contributed by atoms with Crippen LogP contribution in [0.15, 0.2) is 39.9 Å². The summed E-state index contributed by atoms with van der Waals surface area (Å²) < 4.78 is 34.6. The Kier molecular flexibility index (Phi) is 6.74. The minimum atomic E-state index is -3.60. The summed E-state index contributed by atoms with van der Waals surface area (Å²) in [6.07, 6.45) is 3.09. The van der Waals surface area contributed by atoms with Crippen molar-refractivity contribution in [3.8, 4) is 0 Å². The predicted molar refractivity (Wildman–Crippen MR) is 132 cm³/mol. The molecule has 0 spiro atoms. The number of fused-ring (bicyclic) bond motifs is 1. The van der Waals surface area contributed by atoms with Gasteiger partial charge in [0.15, 0.2) is 5.13 Å². The number of sulfonamides is 1. The fraction of sp³-hybridized carbons (Fsp3) is 0.455. The number of halogens is 1. The van der Waals surface area contributed by atoms with Gasteiger partial charge in [0.25, 0.3) is 10.0 Å². The molecule has 5 rings (SSSR count). The molecule has 1 amide bonds. The number of nitrogens with zero attached hydrogens (tertiary/aromatic N) is 3. The Morgan fingerprint density at radius 3 is 2.85 bits per heavy atom. The highest BCUT2D eigenvalue weighted by molar-refractivity contribution is 7.91. The van der Waals surface area contributed by atoms with Crippen molar-refractivity contribution < 1.29 is 17.9 Å². The molecule has 0 radical (unpaired) electrons. The highest BCUT2D eigenvalue weighted by atomic mass is 35.5. The molecule has 2 unspecified atom stereocenters. The molecular formula is C22H24ClN3O4S3. The zero-order valence-electron chi connectivity index (χ0n) is 17.9. The number of hydrogen-bond donors (Lipinski definition) is 0. The Labute approximate surface area is 206 Å². The summed E-state index contributed by atoms with van der Waals surface area (Å²) in [6.45, 7) is 1.69. The van der Waals surface area contributed by atoms with E-state index in [0.717, 1.165) is 17.5 Å². The number of hydrogen-bond acceptors (Lipinski definition) is 7. The second-order valence-corrected chi connectivity index (χ2v) is 12.8. The van der Waals surface area contributed by atoms with Crippen molar-refractivity contribution >= 4 is 65.6 Å². The second kappa shape index (κ2) is 9.59. The summed E-state index contributed by atoms with van der Waals surface area (Å²) >= 11 is 8.96. The van der Waals surface area contributed by atoms with E-state index in [2.05, 4.69) is 4.98 Å². The first-order valence-electron chi connectivity index (χ1n) is 10.9. The Bertz CT molecular complexity index is 1240. The van der Waals surface area contributed by atoms with Gasteiger partial charge in [-0.05, 0) is 49.3 Å². The van der Waals surface area contributed by atoms with Crippen LogP contribution in [0.5, 0.6) is 0 Å². The van der Waals surface area contributed by atoms with Crippen molar-refractivity contribution in [3.63, 3.8) is 0 Å². The topological polar surface area (TPSA) is 79.8 Å². The molecule has 11 heteroatoms. The number of thiazole rings is 1. The van der Waals surface area contributed by atoms with Gasteiger partial charge in [-0.1, -0.05) is 35.1 Å². The van der Waals surface area contributed by atoms with Crippen LogP contribution in [0.2, 0.25) is 5.02 Å². The lowest BCUT2D eigenvalue weighted by molar-refractivity contribution is -0.123. The van der Waals surface area contributed by atoms with Crippen molar-refractivity contribution in [1.82, 2.24) is 9.29 Å². The van der Waals surface area contributed by atoms with E-state index in [1.807, 2.05) is 12.1 Å². The summed E-state index contributed by atoms with van der Waals surface area (Å²) in [7, 11) is -3.60. The lowest BCUT2D eigenvalue weighted by Crippen LogP contribution is -2.48. The van der Waals surface area contributed by atoms with E-state index in [0.29, 0.717) is 52.4 Å². The molecule has 2 aliphatic heterocycles. The SMILES string of the molecule is O=C(C1CCCN(S(=O)(=O)c2cccs2)C1)N(CC1CCCO1)c1nc2c(Cl)cccc2s1. The van der Waals surface area contributed by atoms with Gasteiger partial charge in [-0.3, -0.25) is 9.69 Å². The third-order valence-electron chi connectivity index (χ3n) is 6.09. The van der Waals surface area contributed by atoms with Gasteiger partial charge in [0, 0.05) is 19.7 Å². The Hall–Kier alpha value is -1.56. The molecule has 33 heavy (non-hydrogen) atoms. The van der Waals surface area contributed by atoms with E-state index in [-0.39, 0.29) is 18.6 Å². The van der Waals surface area contributed by atoms with Gasteiger partial charge in [0.2, 0.25) is 5.91 Å². The number of aromatic nitrogens is 1. The van der Waals surface area contributed by atoms with Crippen LogP contribution in [0.25, 0.3) is 10.2 Å². The first-order valence-corrected chi connectivity index (χ1v) is 14.5. The fourth-order valence-corrected chi connectivity index (χ4v) is 8.34. The molecule has 3 aromatic rings. The molecule has 176 valence electrons. The molecule has 0 aliphatic carbocycles. The maximum atomic E-state index is 13.8. The number of carbonyl (C=O) groups is 1. The van der Waals surface area contributed by atoms with Crippen LogP contribution in [-0.2, 0) is 19.6 Å². The van der Waals surface area contributed by atoms with E-state index in [1.165, 1.54) is 27.0 Å². The van der Waals surface area contributed by atoms with Gasteiger partial charge in [0.05, 0.1) is 28.3 Å². The third kappa shape index (κ3) is 4.69. The molecule has 4 heterocycles. The third-order valence-corrected chi connectivity index (χ3v) is 10.7. The predicted octanol–water partition coefficient (Wildman–Crippen LogP) is 4.62. The normalized spacial score (nSPS) is 22.1. The number of rotatable bonds is 6. The Morgan fingerprint density at radius 1 is 1.24 bits per heavy atom. The van der Waals surface area contributed by atoms with Crippen LogP contribution in [0.1, 0.15) is 25.7 Å². The number of ether oxygens (including phenoxy) is 1. The molecule has 0 N–H and O–H groups in total. The van der Waals surface area contributed by atoms with Crippen LogP contribution in [-0.4, -0.2) is 56.0 Å². The summed E-state index contributed by atoms with van der Waals surface area (Å²) in [6, 6.07) is 8.93. The zero-order chi connectivity index (χ0) is 23.0. The zero-order valence-corrected chi connectivity index (χ0v) is 21.1. The average molecular weight is 526 g/mol. The molecule has 2 atom stereocenters. The fourth-order valence-electron chi connectivity index (χ4n) is 4.39. The van der Waals surface area contributed by atoms with Gasteiger partial charge in [-0.15, -0.1) is 11.3 Å². The second-order valence-electron chi connectivity index (χ2n) is 8.30. The number of para-hydroxylation sites is 1. The number of amides is 1. The van der Waals surface area contributed by atoms with E-state index in [4.69, 9.17) is 16.3 Å². The molecule has 2 aliphatic rings. The standard InChI is InChI=1S/C22H24ClN3O4S3/c23-17-7-1-8-18-20(17)24-22(32-18)26(14-16-6-3-11-30-16)21(27)15-5-2-10-25(13-15)33(28,29)19-9-4-12-31-19/h1,4,7-9,12,15-16H,2-3,5-6,10-11,13-14H2. The lowest BCUT2D eigenvalue weighted by Gasteiger charge is -2.34. The maximum Gasteiger partial charge on any atom is 0.252 e. The van der Waals surface area contributed by atoms with Gasteiger partial charge < -0.3 is 4.74 Å². The summed E-state index contributed by atoms with van der Waals surface area (Å²) in [5.41, 5.74) is 0.676. The summed E-state index contributed by atoms with van der Waals surface area (Å²) in [5, 5.41) is 2.88. The Morgan fingerprint density at radius 2 is 2.12 bits per heavy atom. The van der Waals surface area contributed by atoms with Crippen molar-refractivity contribution in [2.45, 2.75) is 36.0 Å². The van der Waals surface area contributed by atoms with Gasteiger partial charge >= 0.3 is 0 Å². The van der Waals surface area contributed by atoms with Gasteiger partial charge in [0.1, 0.15) is 9.73 Å². The number of thiophene rings is 1. The monoisotopic (exact) mass is 525 g/mol. The molecule has 7 nitrogen and oxygen atoms in total. The highest BCUT2D eigenvalue weighted by Crippen LogP contribution is 2.35. The molecule has 2 fully saturated rings. The van der Waals surface area contributed by atoms with Crippen LogP contribution < -0.4 is 4.90 Å². The van der Waals surface area contributed by atoms with Crippen molar-refractivity contribution in [2.75, 3.05) is 31.1 Å². The van der Waals surface area contributed by atoms with E-state index >= 15 is 0 Å². The first-order chi connectivity index (χ1) is 15.9. The summed E-state index contributed by atoms with van der Waals surface area (Å²) in [4.78, 5) is 20.2. The van der Waals surface area contributed by atoms with Crippen molar-refractivity contribution in [2.24, 2.45) is 5.92 Å². The molecule has 2 aromatic heterocycles. The maximum absolute atomic E-state index is 13.8. The van der Waals surface area contributed by atoms with Gasteiger partial charge in [-0.2, -0.15) is 4.31 Å². The van der Waals surface area contributed by atoms with Crippen molar-refractivity contribution in [1.29, 1.82) is 0 Å². The minimum absolute atomic E-state index is 0.0500. The van der Waals surface area contributed by atoms with Crippen LogP contribution in [0.4, 0.5) is 5.13 Å². The largest absolute Gasteiger partial charge is 0.376 e. The molecule has 0 bridgehead atoms. The molecule has 2 saturated heterocycles. The van der Waals surface area contributed by atoms with E-state index in [9.17, 15) is 13.2 Å². The van der Waals surface area contributed by atoms with E-state index in [1.54, 1.807) is 28.5 Å². The number of benzene rings is 1. The lowest BCUT2D eigenvalue weighted by atomic mass is 9.98. The summed E-state index contributed by atoms with van der Waals surface area (Å²) in [5.74, 6) is -0.538. The highest BCUT2D eigenvalue weighted by Gasteiger charge is 2.37. The number of carbonyl (C=O) groups excluding carboxylic acids is 1. The average Bonchev–Trinajstić information content (AvgIpc) is 3.59. The molecular weight excluding hydrogens is 502 g/mol. The van der Waals surface area contributed by atoms with Gasteiger partial charge in [-0.25, -0.2) is 13.4 Å². The quantitative estimate of drug-likeness (QED) is 0.469. The van der Waals surface area contributed by atoms with Crippen molar-refractivity contribution in [3.05, 3.63) is 40.7 Å². The van der Waals surface area contributed by atoms with Crippen LogP contribution in [0.3, 0.4) is 0 Å². The number of anilines is 1. The first kappa shape index (κ1) is 23.2. The smallest absolute Gasteiger partial charge is 0.252 e.